The number of amides is 1. The van der Waals surface area contributed by atoms with E-state index in [0.717, 1.165) is 18.5 Å². The number of rotatable bonds is 4. The van der Waals surface area contributed by atoms with Gasteiger partial charge in [0.2, 0.25) is 0 Å². The third-order valence-corrected chi connectivity index (χ3v) is 4.81. The molecule has 6 heteroatoms. The number of benzene rings is 1. The highest BCUT2D eigenvalue weighted by Gasteiger charge is 2.33. The maximum Gasteiger partial charge on any atom is 0.252 e. The van der Waals surface area contributed by atoms with Gasteiger partial charge in [0.15, 0.2) is 0 Å². The fourth-order valence-corrected chi connectivity index (χ4v) is 3.40. The Hall–Kier alpha value is -1.98. The first kappa shape index (κ1) is 16.9. The van der Waals surface area contributed by atoms with E-state index in [0.29, 0.717) is 12.1 Å². The van der Waals surface area contributed by atoms with Crippen molar-refractivity contribution in [2.75, 3.05) is 20.1 Å². The number of likely N-dealkylation sites (tertiary alicyclic amines) is 1. The molecule has 1 N–H and O–H groups in total. The maximum absolute atomic E-state index is 13.8. The topological polar surface area (TPSA) is 45.2 Å². The molecule has 1 fully saturated rings. The Morgan fingerprint density at radius 2 is 2.29 bits per heavy atom. The first-order valence-corrected chi connectivity index (χ1v) is 8.27. The molecule has 0 spiro atoms. The van der Waals surface area contributed by atoms with E-state index in [1.54, 1.807) is 30.6 Å². The molecular formula is C18H19ClFN3O. The van der Waals surface area contributed by atoms with Crippen molar-refractivity contribution < 1.29 is 9.18 Å². The van der Waals surface area contributed by atoms with Gasteiger partial charge in [-0.25, -0.2) is 4.39 Å². The summed E-state index contributed by atoms with van der Waals surface area (Å²) in [5.74, 6) is -0.331. The van der Waals surface area contributed by atoms with Gasteiger partial charge in [0.25, 0.3) is 5.91 Å². The zero-order chi connectivity index (χ0) is 17.1. The summed E-state index contributed by atoms with van der Waals surface area (Å²) < 4.78 is 13.8. The Morgan fingerprint density at radius 3 is 3.00 bits per heavy atom. The van der Waals surface area contributed by atoms with Crippen LogP contribution in [0.4, 0.5) is 4.39 Å². The molecule has 0 saturated carbocycles. The molecule has 2 atom stereocenters. The molecule has 1 aromatic heterocycles. The maximum atomic E-state index is 13.8. The molecule has 0 unspecified atom stereocenters. The number of hydrogen-bond donors (Lipinski definition) is 1. The predicted octanol–water partition coefficient (Wildman–Crippen LogP) is 3.30. The van der Waals surface area contributed by atoms with Gasteiger partial charge < -0.3 is 5.32 Å². The number of hydrogen-bond acceptors (Lipinski definition) is 3. The zero-order valence-electron chi connectivity index (χ0n) is 13.4. The minimum absolute atomic E-state index is 0.0611. The Balaban J connectivity index is 1.70. The number of halogens is 2. The lowest BCUT2D eigenvalue weighted by Gasteiger charge is -2.26. The van der Waals surface area contributed by atoms with Gasteiger partial charge in [-0.2, -0.15) is 0 Å². The number of nitrogens with one attached hydrogen (secondary N) is 1. The zero-order valence-corrected chi connectivity index (χ0v) is 14.1. The van der Waals surface area contributed by atoms with Gasteiger partial charge in [-0.3, -0.25) is 14.7 Å². The largest absolute Gasteiger partial charge is 0.352 e. The highest BCUT2D eigenvalue weighted by Crippen LogP contribution is 2.36. The number of pyridine rings is 1. The summed E-state index contributed by atoms with van der Waals surface area (Å²) in [6.07, 6.45) is 4.12. The van der Waals surface area contributed by atoms with Gasteiger partial charge in [0.1, 0.15) is 5.82 Å². The normalized spacial score (nSPS) is 21.0. The van der Waals surface area contributed by atoms with Crippen molar-refractivity contribution in [1.29, 1.82) is 0 Å². The quantitative estimate of drug-likeness (QED) is 0.923. The van der Waals surface area contributed by atoms with Crippen molar-refractivity contribution >= 4 is 17.5 Å². The van der Waals surface area contributed by atoms with Crippen LogP contribution in [0.15, 0.2) is 42.7 Å². The highest BCUT2D eigenvalue weighted by atomic mass is 35.5. The Morgan fingerprint density at radius 1 is 1.46 bits per heavy atom. The molecule has 24 heavy (non-hydrogen) atoms. The molecule has 3 rings (SSSR count). The third kappa shape index (κ3) is 3.57. The van der Waals surface area contributed by atoms with Crippen LogP contribution >= 0.6 is 11.6 Å². The van der Waals surface area contributed by atoms with Crippen LogP contribution in [0.3, 0.4) is 0 Å². The van der Waals surface area contributed by atoms with E-state index >= 15 is 0 Å². The van der Waals surface area contributed by atoms with E-state index in [9.17, 15) is 9.18 Å². The first-order valence-electron chi connectivity index (χ1n) is 7.89. The lowest BCUT2D eigenvalue weighted by Crippen LogP contribution is -2.32. The average Bonchev–Trinajstić information content (AvgIpc) is 2.96. The van der Waals surface area contributed by atoms with Crippen LogP contribution in [0.1, 0.15) is 28.4 Å². The summed E-state index contributed by atoms with van der Waals surface area (Å²) in [5.41, 5.74) is 1.43. The van der Waals surface area contributed by atoms with Crippen LogP contribution in [-0.4, -0.2) is 35.9 Å². The fraction of sp³-hybridized carbons (Fsp3) is 0.333. The van der Waals surface area contributed by atoms with Crippen molar-refractivity contribution in [2.45, 2.75) is 12.5 Å². The number of nitrogens with zero attached hydrogens (tertiary/aromatic N) is 2. The van der Waals surface area contributed by atoms with E-state index in [-0.39, 0.29) is 22.9 Å². The van der Waals surface area contributed by atoms with Gasteiger partial charge in [0.05, 0.1) is 10.6 Å². The monoisotopic (exact) mass is 347 g/mol. The van der Waals surface area contributed by atoms with E-state index in [1.807, 2.05) is 13.1 Å². The molecule has 4 nitrogen and oxygen atoms in total. The number of carbonyl (C=O) groups excluding carboxylic acids is 1. The summed E-state index contributed by atoms with van der Waals surface area (Å²) in [6, 6.07) is 8.46. The molecule has 2 aromatic rings. The summed E-state index contributed by atoms with van der Waals surface area (Å²) in [4.78, 5) is 18.3. The van der Waals surface area contributed by atoms with Gasteiger partial charge >= 0.3 is 0 Å². The lowest BCUT2D eigenvalue weighted by molar-refractivity contribution is 0.0943. The second-order valence-corrected chi connectivity index (χ2v) is 6.51. The first-order chi connectivity index (χ1) is 11.6. The van der Waals surface area contributed by atoms with Crippen LogP contribution in [-0.2, 0) is 0 Å². The highest BCUT2D eigenvalue weighted by molar-refractivity contribution is 6.30. The molecule has 1 saturated heterocycles. The minimum atomic E-state index is -0.410. The molecule has 1 aliphatic heterocycles. The van der Waals surface area contributed by atoms with Crippen molar-refractivity contribution in [3.8, 4) is 0 Å². The van der Waals surface area contributed by atoms with Gasteiger partial charge in [-0.15, -0.1) is 0 Å². The van der Waals surface area contributed by atoms with E-state index in [4.69, 9.17) is 11.6 Å². The second-order valence-electron chi connectivity index (χ2n) is 6.10. The molecule has 1 aliphatic rings. The molecule has 1 aromatic carbocycles. The number of aromatic nitrogens is 1. The standard InChI is InChI=1S/C18H19ClFN3O/c1-23-8-6-13(11-22-18(24)14-3-2-7-21-10-14)17(23)12-4-5-15(19)16(20)9-12/h2-5,7,9-10,13,17H,6,8,11H2,1H3,(H,22,24)/t13-,17+/m0/s1. The minimum Gasteiger partial charge on any atom is -0.352 e. The van der Waals surface area contributed by atoms with Crippen molar-refractivity contribution in [1.82, 2.24) is 15.2 Å². The average molecular weight is 348 g/mol. The van der Waals surface area contributed by atoms with Gasteiger partial charge in [-0.1, -0.05) is 17.7 Å². The Labute approximate surface area is 145 Å². The van der Waals surface area contributed by atoms with Crippen LogP contribution < -0.4 is 5.32 Å². The van der Waals surface area contributed by atoms with Crippen molar-refractivity contribution in [2.24, 2.45) is 5.92 Å². The molecular weight excluding hydrogens is 329 g/mol. The van der Waals surface area contributed by atoms with Crippen LogP contribution in [0.5, 0.6) is 0 Å². The summed E-state index contributed by atoms with van der Waals surface area (Å²) >= 11 is 5.78. The smallest absolute Gasteiger partial charge is 0.252 e. The van der Waals surface area contributed by atoms with E-state index in [2.05, 4.69) is 15.2 Å². The Kier molecular flexibility index (Phi) is 5.11. The van der Waals surface area contributed by atoms with Crippen molar-refractivity contribution in [3.05, 3.63) is 64.7 Å². The lowest BCUT2D eigenvalue weighted by atomic mass is 9.93. The van der Waals surface area contributed by atoms with Crippen molar-refractivity contribution in [3.63, 3.8) is 0 Å². The summed E-state index contributed by atoms with van der Waals surface area (Å²) in [6.45, 7) is 1.44. The molecule has 0 bridgehead atoms. The van der Waals surface area contributed by atoms with Gasteiger partial charge in [-0.05, 0) is 55.8 Å². The predicted molar refractivity (Wildman–Crippen MR) is 91.5 cm³/mol. The summed E-state index contributed by atoms with van der Waals surface area (Å²) in [7, 11) is 2.01. The molecule has 0 radical (unpaired) electrons. The molecule has 0 aliphatic carbocycles. The van der Waals surface area contributed by atoms with Crippen LogP contribution in [0.25, 0.3) is 0 Å². The SMILES string of the molecule is CN1CC[C@@H](CNC(=O)c2cccnc2)[C@H]1c1ccc(Cl)c(F)c1. The summed E-state index contributed by atoms with van der Waals surface area (Å²) in [5, 5.41) is 3.09. The fourth-order valence-electron chi connectivity index (χ4n) is 3.29. The van der Waals surface area contributed by atoms with E-state index in [1.165, 1.54) is 6.07 Å². The third-order valence-electron chi connectivity index (χ3n) is 4.51. The molecule has 2 heterocycles. The second kappa shape index (κ2) is 7.28. The number of carbonyl (C=O) groups is 1. The van der Waals surface area contributed by atoms with Gasteiger partial charge in [0, 0.05) is 25.0 Å². The van der Waals surface area contributed by atoms with Crippen LogP contribution in [0, 0.1) is 11.7 Å². The van der Waals surface area contributed by atoms with Crippen LogP contribution in [0.2, 0.25) is 5.02 Å². The Bertz CT molecular complexity index is 725. The molecule has 1 amide bonds. The molecule has 126 valence electrons. The van der Waals surface area contributed by atoms with E-state index < -0.39 is 5.82 Å².